The fourth-order valence-corrected chi connectivity index (χ4v) is 6.16. The number of aromatic amines is 1. The third kappa shape index (κ3) is 7.17. The van der Waals surface area contributed by atoms with Crippen LogP contribution in [0.3, 0.4) is 0 Å². The Hall–Kier alpha value is -3.22. The fourth-order valence-electron chi connectivity index (χ4n) is 5.80. The van der Waals surface area contributed by atoms with Crippen LogP contribution in [0.15, 0.2) is 108 Å². The summed E-state index contributed by atoms with van der Waals surface area (Å²) in [6, 6.07) is 18.4. The molecule has 0 radical (unpaired) electrons. The summed E-state index contributed by atoms with van der Waals surface area (Å²) in [7, 11) is 0. The highest BCUT2D eigenvalue weighted by Crippen LogP contribution is 2.38. The minimum atomic E-state index is -4.45. The number of fused-ring (bicyclic) bond motifs is 1. The fraction of sp³-hybridized carbons (Fsp3) is 0.353. The summed E-state index contributed by atoms with van der Waals surface area (Å²) in [6.07, 6.45) is 11.0. The van der Waals surface area contributed by atoms with E-state index < -0.39 is 23.0 Å². The van der Waals surface area contributed by atoms with E-state index in [9.17, 15) is 13.2 Å². The Kier molecular flexibility index (Phi) is 9.41. The number of ether oxygens (including phenoxy) is 1. The van der Waals surface area contributed by atoms with E-state index in [4.69, 9.17) is 16.3 Å². The van der Waals surface area contributed by atoms with E-state index in [1.165, 1.54) is 17.2 Å². The van der Waals surface area contributed by atoms with E-state index in [0.717, 1.165) is 35.6 Å². The molecule has 4 unspecified atom stereocenters. The number of alkyl halides is 4. The van der Waals surface area contributed by atoms with Gasteiger partial charge < -0.3 is 9.72 Å². The predicted octanol–water partition coefficient (Wildman–Crippen LogP) is 8.97. The maximum absolute atomic E-state index is 13.7. The second-order valence-electron chi connectivity index (χ2n) is 10.9. The summed E-state index contributed by atoms with van der Waals surface area (Å²) >= 11 is 6.50. The number of aromatic nitrogens is 1. The first-order valence-corrected chi connectivity index (χ1v) is 14.7. The number of hydrogen-bond acceptors (Lipinski definition) is 2. The number of H-pyrrole nitrogens is 1. The molecule has 216 valence electrons. The molecule has 3 nitrogen and oxygen atoms in total. The standard InChI is InChI=1S/C34H36ClF3N2O/c1-24(19-21-41-32-17-9-16-31-28(32)18-20-39-31)40(22-27-14-8-15-30(33(27)35)34(36,37)38)23-29(25-10-4-2-5-11-25)26-12-6-3-7-13-26/h2-6,8-12,14-18,20,24,27,29,33,39H,7,13,19,21-23H2,1H3. The molecule has 3 aromatic rings. The summed E-state index contributed by atoms with van der Waals surface area (Å²) in [5.41, 5.74) is 2.88. The summed E-state index contributed by atoms with van der Waals surface area (Å²) in [5, 5.41) is -0.105. The van der Waals surface area contributed by atoms with Crippen molar-refractivity contribution in [3.05, 3.63) is 114 Å². The van der Waals surface area contributed by atoms with E-state index >= 15 is 0 Å². The molecule has 0 fully saturated rings. The third-order valence-electron chi connectivity index (χ3n) is 8.16. The van der Waals surface area contributed by atoms with E-state index in [-0.39, 0.29) is 12.0 Å². The summed E-state index contributed by atoms with van der Waals surface area (Å²) < 4.78 is 47.4. The second kappa shape index (κ2) is 13.2. The highest BCUT2D eigenvalue weighted by atomic mass is 35.5. The maximum atomic E-state index is 13.7. The number of halogens is 4. The zero-order chi connectivity index (χ0) is 28.8. The van der Waals surface area contributed by atoms with E-state index in [2.05, 4.69) is 47.2 Å². The van der Waals surface area contributed by atoms with Gasteiger partial charge in [-0.25, -0.2) is 0 Å². The van der Waals surface area contributed by atoms with Gasteiger partial charge in [-0.15, -0.1) is 11.6 Å². The van der Waals surface area contributed by atoms with Gasteiger partial charge in [0.1, 0.15) is 5.75 Å². The zero-order valence-electron chi connectivity index (χ0n) is 23.2. The van der Waals surface area contributed by atoms with Gasteiger partial charge in [-0.2, -0.15) is 13.2 Å². The van der Waals surface area contributed by atoms with Gasteiger partial charge in [-0.1, -0.05) is 78.4 Å². The molecule has 0 spiro atoms. The van der Waals surface area contributed by atoms with Gasteiger partial charge in [0.2, 0.25) is 0 Å². The first-order valence-electron chi connectivity index (χ1n) is 14.2. The minimum absolute atomic E-state index is 0.0453. The number of nitrogens with one attached hydrogen (secondary N) is 1. The Bertz CT molecular complexity index is 1420. The van der Waals surface area contributed by atoms with Crippen LogP contribution in [0.4, 0.5) is 13.2 Å². The molecule has 0 saturated carbocycles. The Morgan fingerprint density at radius 1 is 1.05 bits per heavy atom. The van der Waals surface area contributed by atoms with Crippen molar-refractivity contribution < 1.29 is 17.9 Å². The average molecular weight is 581 g/mol. The molecule has 0 amide bonds. The molecule has 1 heterocycles. The van der Waals surface area contributed by atoms with Crippen molar-refractivity contribution in [1.82, 2.24) is 9.88 Å². The molecule has 1 N–H and O–H groups in total. The number of rotatable bonds is 11. The van der Waals surface area contributed by atoms with Crippen LogP contribution in [0, 0.1) is 5.92 Å². The lowest BCUT2D eigenvalue weighted by molar-refractivity contribution is -0.0948. The molecule has 2 aliphatic carbocycles. The topological polar surface area (TPSA) is 28.3 Å². The number of allylic oxidation sites excluding steroid dienone is 6. The molecule has 0 saturated heterocycles. The van der Waals surface area contributed by atoms with Gasteiger partial charge in [0.05, 0.1) is 17.6 Å². The Morgan fingerprint density at radius 3 is 2.63 bits per heavy atom. The molecule has 2 aliphatic rings. The summed E-state index contributed by atoms with van der Waals surface area (Å²) in [5.74, 6) is 0.476. The monoisotopic (exact) mass is 580 g/mol. The molecule has 0 aliphatic heterocycles. The third-order valence-corrected chi connectivity index (χ3v) is 8.72. The molecule has 41 heavy (non-hydrogen) atoms. The number of benzene rings is 2. The Labute approximate surface area is 245 Å². The Morgan fingerprint density at radius 2 is 1.88 bits per heavy atom. The molecule has 2 aromatic carbocycles. The van der Waals surface area contributed by atoms with Gasteiger partial charge in [-0.05, 0) is 49.9 Å². The van der Waals surface area contributed by atoms with Crippen LogP contribution < -0.4 is 4.74 Å². The lowest BCUT2D eigenvalue weighted by Crippen LogP contribution is -2.43. The van der Waals surface area contributed by atoms with E-state index in [1.807, 2.05) is 54.7 Å². The van der Waals surface area contributed by atoms with Gasteiger partial charge in [0, 0.05) is 48.1 Å². The SMILES string of the molecule is CC(CCOc1cccc2[nH]ccc12)N(CC(C1=CC=CCC1)c1ccccc1)CC1C=CC=C(C(F)(F)F)C1Cl. The number of nitrogens with zero attached hydrogens (tertiary/aromatic N) is 1. The first kappa shape index (κ1) is 29.3. The lowest BCUT2D eigenvalue weighted by atomic mass is 9.85. The average Bonchev–Trinajstić information content (AvgIpc) is 3.46. The van der Waals surface area contributed by atoms with E-state index in [1.54, 1.807) is 0 Å². The van der Waals surface area contributed by atoms with Crippen LogP contribution in [-0.2, 0) is 0 Å². The van der Waals surface area contributed by atoms with Crippen LogP contribution >= 0.6 is 11.6 Å². The smallest absolute Gasteiger partial charge is 0.414 e. The molecular formula is C34H36ClF3N2O. The molecular weight excluding hydrogens is 545 g/mol. The van der Waals surface area contributed by atoms with Gasteiger partial charge in [0.15, 0.2) is 0 Å². The van der Waals surface area contributed by atoms with Crippen molar-refractivity contribution in [2.24, 2.45) is 5.92 Å². The second-order valence-corrected chi connectivity index (χ2v) is 11.3. The van der Waals surface area contributed by atoms with Crippen molar-refractivity contribution in [1.29, 1.82) is 0 Å². The zero-order valence-corrected chi connectivity index (χ0v) is 23.9. The van der Waals surface area contributed by atoms with Crippen molar-refractivity contribution in [3.63, 3.8) is 0 Å². The minimum Gasteiger partial charge on any atom is -0.493 e. The number of hydrogen-bond donors (Lipinski definition) is 1. The van der Waals surface area contributed by atoms with Crippen molar-refractivity contribution in [2.75, 3.05) is 19.7 Å². The summed E-state index contributed by atoms with van der Waals surface area (Å²) in [4.78, 5) is 5.51. The first-order chi connectivity index (χ1) is 19.8. The van der Waals surface area contributed by atoms with Crippen molar-refractivity contribution >= 4 is 22.5 Å². The lowest BCUT2D eigenvalue weighted by Gasteiger charge is -2.38. The molecule has 5 rings (SSSR count). The Balaban J connectivity index is 1.37. The van der Waals surface area contributed by atoms with Crippen LogP contribution in [0.2, 0.25) is 0 Å². The van der Waals surface area contributed by atoms with Crippen molar-refractivity contribution in [3.8, 4) is 5.75 Å². The molecule has 7 heteroatoms. The van der Waals surface area contributed by atoms with Gasteiger partial charge in [-0.3, -0.25) is 4.90 Å². The van der Waals surface area contributed by atoms with E-state index in [0.29, 0.717) is 26.1 Å². The molecule has 4 atom stereocenters. The quantitative estimate of drug-likeness (QED) is 0.229. The van der Waals surface area contributed by atoms with Gasteiger partial charge >= 0.3 is 6.18 Å². The van der Waals surface area contributed by atoms with Crippen LogP contribution in [0.5, 0.6) is 5.75 Å². The molecule has 0 bridgehead atoms. The molecule has 1 aromatic heterocycles. The predicted molar refractivity (Wildman–Crippen MR) is 161 cm³/mol. The highest BCUT2D eigenvalue weighted by molar-refractivity contribution is 6.23. The van der Waals surface area contributed by atoms with Crippen LogP contribution in [0.1, 0.15) is 37.7 Å². The van der Waals surface area contributed by atoms with Gasteiger partial charge in [0.25, 0.3) is 0 Å². The van der Waals surface area contributed by atoms with Crippen LogP contribution in [-0.4, -0.2) is 47.2 Å². The maximum Gasteiger partial charge on any atom is 0.414 e. The van der Waals surface area contributed by atoms with Crippen molar-refractivity contribution in [2.45, 2.75) is 49.7 Å². The largest absolute Gasteiger partial charge is 0.493 e. The summed E-state index contributed by atoms with van der Waals surface area (Å²) in [6.45, 7) is 3.71. The normalized spacial score (nSPS) is 20.6. The van der Waals surface area contributed by atoms with Crippen LogP contribution in [0.25, 0.3) is 10.9 Å². The highest BCUT2D eigenvalue weighted by Gasteiger charge is 2.42.